The van der Waals surface area contributed by atoms with Crippen LogP contribution in [0.4, 0.5) is 0 Å². The van der Waals surface area contributed by atoms with E-state index in [-0.39, 0.29) is 0 Å². The number of nitrogens with zero attached hydrogens (tertiary/aromatic N) is 2. The van der Waals surface area contributed by atoms with Gasteiger partial charge in [0.2, 0.25) is 0 Å². The van der Waals surface area contributed by atoms with Crippen molar-refractivity contribution in [3.05, 3.63) is 61.1 Å². The molecule has 3 nitrogen and oxygen atoms in total. The van der Waals surface area contributed by atoms with E-state index in [1.807, 2.05) is 47.7 Å². The highest BCUT2D eigenvalue weighted by molar-refractivity contribution is 5.43. The lowest BCUT2D eigenvalue weighted by Crippen LogP contribution is -2.43. The van der Waals surface area contributed by atoms with Crippen LogP contribution in [0.15, 0.2) is 61.1 Å². The molecule has 2 aliphatic heterocycles. The van der Waals surface area contributed by atoms with Gasteiger partial charge in [0.05, 0.1) is 6.07 Å². The van der Waals surface area contributed by atoms with Gasteiger partial charge in [0.1, 0.15) is 5.54 Å². The molecule has 3 heteroatoms. The second-order valence-electron chi connectivity index (χ2n) is 3.64. The topological polar surface area (TPSA) is 39.1 Å². The highest BCUT2D eigenvalue weighted by Crippen LogP contribution is 2.23. The average molecular weight is 211 g/mol. The fraction of sp³-hybridized carbons (Fsp3) is 0.154. The highest BCUT2D eigenvalue weighted by atomic mass is 15.1. The molecule has 0 aliphatic carbocycles. The summed E-state index contributed by atoms with van der Waals surface area (Å²) >= 11 is 0. The van der Waals surface area contributed by atoms with Gasteiger partial charge < -0.3 is 4.90 Å². The van der Waals surface area contributed by atoms with Crippen molar-refractivity contribution in [3.63, 3.8) is 0 Å². The van der Waals surface area contributed by atoms with Crippen LogP contribution in [-0.4, -0.2) is 17.0 Å². The van der Waals surface area contributed by atoms with Gasteiger partial charge in [-0.05, 0) is 24.3 Å². The number of rotatable bonds is 3. The van der Waals surface area contributed by atoms with Crippen molar-refractivity contribution >= 4 is 0 Å². The summed E-state index contributed by atoms with van der Waals surface area (Å²) in [5.41, 5.74) is 0.276. The number of allylic oxidation sites excluding steroid dienone is 3. The summed E-state index contributed by atoms with van der Waals surface area (Å²) in [7, 11) is 0. The van der Waals surface area contributed by atoms with Crippen LogP contribution in [-0.2, 0) is 0 Å². The van der Waals surface area contributed by atoms with Crippen LogP contribution < -0.4 is 5.32 Å². The Morgan fingerprint density at radius 2 is 2.38 bits per heavy atom. The van der Waals surface area contributed by atoms with Gasteiger partial charge in [0.15, 0.2) is 0 Å². The normalized spacial score (nSPS) is 25.9. The zero-order chi connectivity index (χ0) is 11.4. The molecule has 0 aromatic heterocycles. The van der Waals surface area contributed by atoms with Crippen LogP contribution >= 0.6 is 0 Å². The lowest BCUT2D eigenvalue weighted by Gasteiger charge is -2.30. The molecule has 1 atom stereocenters. The smallest absolute Gasteiger partial charge is 0.148 e. The summed E-state index contributed by atoms with van der Waals surface area (Å²) in [5, 5.41) is 12.4. The maximum absolute atomic E-state index is 9.26. The number of hydrogen-bond acceptors (Lipinski definition) is 3. The first-order chi connectivity index (χ1) is 7.79. The lowest BCUT2D eigenvalue weighted by atomic mass is 9.96. The molecule has 1 N–H and O–H groups in total. The summed E-state index contributed by atoms with van der Waals surface area (Å²) in [4.78, 5) is 1.98. The van der Waals surface area contributed by atoms with Crippen LogP contribution in [0, 0.1) is 11.3 Å². The molecule has 80 valence electrons. The minimum absolute atomic E-state index is 0.598. The highest BCUT2D eigenvalue weighted by Gasteiger charge is 2.27. The predicted octanol–water partition coefficient (Wildman–Crippen LogP) is 1.82. The van der Waals surface area contributed by atoms with E-state index >= 15 is 0 Å². The molecular formula is C13H13N3. The molecule has 2 aliphatic rings. The third-order valence-electron chi connectivity index (χ3n) is 2.52. The molecule has 0 bridgehead atoms. The molecule has 0 aromatic carbocycles. The molecule has 0 radical (unpaired) electrons. The van der Waals surface area contributed by atoms with Crippen molar-refractivity contribution in [1.29, 1.82) is 5.26 Å². The van der Waals surface area contributed by atoms with Gasteiger partial charge >= 0.3 is 0 Å². The third-order valence-corrected chi connectivity index (χ3v) is 2.52. The number of fused-ring (bicyclic) bond motifs is 1. The standard InChI is InChI=1S/C13H13N3/c1-2-7-15-13(11-14)6-9-16-8-4-3-5-12(16)10-13/h2-6,8-10,15H,1,7H2. The molecule has 0 aromatic rings. The molecule has 0 amide bonds. The zero-order valence-electron chi connectivity index (χ0n) is 8.93. The molecule has 0 saturated heterocycles. The quantitative estimate of drug-likeness (QED) is 0.724. The summed E-state index contributed by atoms with van der Waals surface area (Å²) in [6.45, 7) is 4.24. The Hall–Kier alpha value is -2.05. The van der Waals surface area contributed by atoms with E-state index in [4.69, 9.17) is 0 Å². The van der Waals surface area contributed by atoms with Crippen molar-refractivity contribution in [3.8, 4) is 6.07 Å². The van der Waals surface area contributed by atoms with Crippen LogP contribution in [0.25, 0.3) is 0 Å². The lowest BCUT2D eigenvalue weighted by molar-refractivity contribution is 0.549. The van der Waals surface area contributed by atoms with E-state index < -0.39 is 5.54 Å². The number of hydrogen-bond donors (Lipinski definition) is 1. The van der Waals surface area contributed by atoms with E-state index in [1.54, 1.807) is 6.08 Å². The molecule has 0 spiro atoms. The van der Waals surface area contributed by atoms with Crippen molar-refractivity contribution in [2.75, 3.05) is 6.54 Å². The van der Waals surface area contributed by atoms with Crippen molar-refractivity contribution in [2.45, 2.75) is 5.54 Å². The molecule has 0 fully saturated rings. The Morgan fingerprint density at radius 1 is 1.50 bits per heavy atom. The second kappa shape index (κ2) is 4.21. The van der Waals surface area contributed by atoms with Crippen molar-refractivity contribution in [2.24, 2.45) is 0 Å². The Balaban J connectivity index is 2.27. The van der Waals surface area contributed by atoms with Crippen molar-refractivity contribution in [1.82, 2.24) is 10.2 Å². The minimum Gasteiger partial charge on any atom is -0.324 e. The van der Waals surface area contributed by atoms with E-state index in [0.717, 1.165) is 5.70 Å². The van der Waals surface area contributed by atoms with E-state index in [1.165, 1.54) is 0 Å². The third kappa shape index (κ3) is 1.83. The number of nitriles is 1. The Kier molecular flexibility index (Phi) is 2.76. The largest absolute Gasteiger partial charge is 0.324 e. The van der Waals surface area contributed by atoms with Crippen LogP contribution in [0.1, 0.15) is 0 Å². The zero-order valence-corrected chi connectivity index (χ0v) is 8.93. The monoisotopic (exact) mass is 211 g/mol. The minimum atomic E-state index is -0.727. The first-order valence-electron chi connectivity index (χ1n) is 5.12. The second-order valence-corrected chi connectivity index (χ2v) is 3.64. The van der Waals surface area contributed by atoms with Gasteiger partial charge in [-0.2, -0.15) is 5.26 Å². The molecule has 16 heavy (non-hydrogen) atoms. The van der Waals surface area contributed by atoms with Crippen LogP contribution in [0.2, 0.25) is 0 Å². The summed E-state index contributed by atoms with van der Waals surface area (Å²) in [6, 6.07) is 2.28. The first-order valence-corrected chi connectivity index (χ1v) is 5.12. The fourth-order valence-electron chi connectivity index (χ4n) is 1.67. The van der Waals surface area contributed by atoms with E-state index in [9.17, 15) is 5.26 Å². The van der Waals surface area contributed by atoms with Gasteiger partial charge in [-0.3, -0.25) is 5.32 Å². The van der Waals surface area contributed by atoms with Gasteiger partial charge in [-0.15, -0.1) is 6.58 Å². The summed E-state index contributed by atoms with van der Waals surface area (Å²) < 4.78 is 0. The van der Waals surface area contributed by atoms with Gasteiger partial charge in [0.25, 0.3) is 0 Å². The summed E-state index contributed by atoms with van der Waals surface area (Å²) in [6.07, 6.45) is 15.3. The molecule has 0 saturated carbocycles. The van der Waals surface area contributed by atoms with Gasteiger partial charge in [-0.25, -0.2) is 0 Å². The number of nitrogens with one attached hydrogen (secondary N) is 1. The maximum Gasteiger partial charge on any atom is 0.148 e. The molecular weight excluding hydrogens is 198 g/mol. The van der Waals surface area contributed by atoms with E-state index in [0.29, 0.717) is 6.54 Å². The summed E-state index contributed by atoms with van der Waals surface area (Å²) in [5.74, 6) is 0. The van der Waals surface area contributed by atoms with E-state index in [2.05, 4.69) is 18.0 Å². The first kappa shape index (κ1) is 10.5. The van der Waals surface area contributed by atoms with Crippen molar-refractivity contribution < 1.29 is 0 Å². The van der Waals surface area contributed by atoms with Gasteiger partial charge in [-0.1, -0.05) is 12.2 Å². The van der Waals surface area contributed by atoms with Crippen LogP contribution in [0.5, 0.6) is 0 Å². The Bertz CT molecular complexity index is 448. The molecule has 2 heterocycles. The predicted molar refractivity (Wildman–Crippen MR) is 63.9 cm³/mol. The maximum atomic E-state index is 9.26. The molecule has 2 rings (SSSR count). The van der Waals surface area contributed by atoms with Gasteiger partial charge in [0, 0.05) is 24.6 Å². The molecule has 1 unspecified atom stereocenters. The van der Waals surface area contributed by atoms with Crippen LogP contribution in [0.3, 0.4) is 0 Å². The Morgan fingerprint density at radius 3 is 3.12 bits per heavy atom. The average Bonchev–Trinajstić information content (AvgIpc) is 2.36. The Labute approximate surface area is 95.4 Å². The SMILES string of the molecule is C=CCNC1(C#N)C=CN2C=CC=CC2=C1. The fourth-order valence-corrected chi connectivity index (χ4v) is 1.67.